The second-order valence-electron chi connectivity index (χ2n) is 5.02. The normalized spacial score (nSPS) is 10.2. The van der Waals surface area contributed by atoms with Crippen LogP contribution in [0.4, 0.5) is 5.69 Å². The first-order valence-corrected chi connectivity index (χ1v) is 7.40. The monoisotopic (exact) mass is 281 g/mol. The third-order valence-electron chi connectivity index (χ3n) is 3.52. The lowest BCUT2D eigenvalue weighted by molar-refractivity contribution is 0.359. The first kappa shape index (κ1) is 15.2. The van der Waals surface area contributed by atoms with Gasteiger partial charge in [0.05, 0.1) is 0 Å². The molecule has 2 heteroatoms. The van der Waals surface area contributed by atoms with Crippen molar-refractivity contribution in [3.05, 3.63) is 71.8 Å². The average Bonchev–Trinajstić information content (AvgIpc) is 2.52. The fourth-order valence-corrected chi connectivity index (χ4v) is 2.40. The average molecular weight is 281 g/mol. The van der Waals surface area contributed by atoms with Crippen LogP contribution in [0.25, 0.3) is 0 Å². The van der Waals surface area contributed by atoms with Crippen LogP contribution in [-0.2, 0) is 13.0 Å². The molecule has 0 aliphatic rings. The predicted molar refractivity (Wildman–Crippen MR) is 90.0 cm³/mol. The van der Waals surface area contributed by atoms with E-state index in [0.29, 0.717) is 6.61 Å². The molecule has 0 amide bonds. The Labute approximate surface area is 127 Å². The minimum atomic E-state index is 0.529. The molecular formula is C19H23NO. The zero-order chi connectivity index (χ0) is 15.1. The summed E-state index contributed by atoms with van der Waals surface area (Å²) < 4.78 is 5.70. The fraction of sp³-hybridized carbons (Fsp3) is 0.263. The van der Waals surface area contributed by atoms with Gasteiger partial charge >= 0.3 is 0 Å². The van der Waals surface area contributed by atoms with Crippen molar-refractivity contribution >= 4 is 5.69 Å². The number of benzene rings is 2. The summed E-state index contributed by atoms with van der Waals surface area (Å²) in [7, 11) is 0. The quantitative estimate of drug-likeness (QED) is 0.740. The Hall–Kier alpha value is -2.22. The van der Waals surface area contributed by atoms with E-state index >= 15 is 0 Å². The third kappa shape index (κ3) is 3.88. The molecule has 0 unspecified atom stereocenters. The Bertz CT molecular complexity index is 604. The highest BCUT2D eigenvalue weighted by molar-refractivity contribution is 5.57. The molecule has 2 aromatic rings. The lowest BCUT2D eigenvalue weighted by Gasteiger charge is -2.16. The highest BCUT2D eigenvalue weighted by atomic mass is 16.5. The van der Waals surface area contributed by atoms with Gasteiger partial charge in [-0.2, -0.15) is 0 Å². The van der Waals surface area contributed by atoms with E-state index in [4.69, 9.17) is 4.74 Å². The molecule has 0 atom stereocenters. The van der Waals surface area contributed by atoms with Gasteiger partial charge in [0.25, 0.3) is 0 Å². The molecule has 1 N–H and O–H groups in total. The maximum Gasteiger partial charge on any atom is 0.124 e. The minimum Gasteiger partial charge on any atom is -0.489 e. The lowest BCUT2D eigenvalue weighted by Crippen LogP contribution is -2.06. The standard InChI is InChI=1S/C19H23NO/c1-4-13-21-18-12-7-6-10-17(18)14-20-19-15(3)9-8-11-16(19)5-2/h4,6-12,20H,1,5,13-14H2,2-3H3. The van der Waals surface area contributed by atoms with E-state index in [9.17, 15) is 0 Å². The smallest absolute Gasteiger partial charge is 0.124 e. The Morgan fingerprint density at radius 3 is 2.62 bits per heavy atom. The molecule has 21 heavy (non-hydrogen) atoms. The summed E-state index contributed by atoms with van der Waals surface area (Å²) in [5, 5.41) is 3.56. The molecular weight excluding hydrogens is 258 g/mol. The van der Waals surface area contributed by atoms with Gasteiger partial charge < -0.3 is 10.1 Å². The SMILES string of the molecule is C=CCOc1ccccc1CNc1c(C)cccc1CC. The molecule has 2 aromatic carbocycles. The Balaban J connectivity index is 2.15. The Morgan fingerprint density at radius 1 is 1.10 bits per heavy atom. The van der Waals surface area contributed by atoms with Crippen LogP contribution in [-0.4, -0.2) is 6.61 Å². The van der Waals surface area contributed by atoms with Gasteiger partial charge in [0.2, 0.25) is 0 Å². The summed E-state index contributed by atoms with van der Waals surface area (Å²) in [6, 6.07) is 14.6. The molecule has 0 aliphatic heterocycles. The summed E-state index contributed by atoms with van der Waals surface area (Å²) in [5.41, 5.74) is 5.02. The van der Waals surface area contributed by atoms with Crippen LogP contribution in [0.2, 0.25) is 0 Å². The second kappa shape index (κ2) is 7.53. The number of hydrogen-bond acceptors (Lipinski definition) is 2. The van der Waals surface area contributed by atoms with Crippen molar-refractivity contribution in [2.75, 3.05) is 11.9 Å². The second-order valence-corrected chi connectivity index (χ2v) is 5.02. The number of aryl methyl sites for hydroxylation is 2. The molecule has 0 radical (unpaired) electrons. The van der Waals surface area contributed by atoms with Gasteiger partial charge in [0, 0.05) is 17.8 Å². The fourth-order valence-electron chi connectivity index (χ4n) is 2.40. The zero-order valence-corrected chi connectivity index (χ0v) is 12.9. The highest BCUT2D eigenvalue weighted by Crippen LogP contribution is 2.24. The molecule has 0 aliphatic carbocycles. The number of anilines is 1. The maximum absolute atomic E-state index is 5.70. The van der Waals surface area contributed by atoms with Gasteiger partial charge in [0.1, 0.15) is 12.4 Å². The van der Waals surface area contributed by atoms with Crippen LogP contribution in [0, 0.1) is 6.92 Å². The van der Waals surface area contributed by atoms with Gasteiger partial charge in [-0.05, 0) is 30.5 Å². The van der Waals surface area contributed by atoms with Crippen molar-refractivity contribution in [3.8, 4) is 5.75 Å². The third-order valence-corrected chi connectivity index (χ3v) is 3.52. The van der Waals surface area contributed by atoms with E-state index in [0.717, 1.165) is 24.3 Å². The highest BCUT2D eigenvalue weighted by Gasteiger charge is 2.06. The summed E-state index contributed by atoms with van der Waals surface area (Å²) in [6.45, 7) is 9.30. The minimum absolute atomic E-state index is 0.529. The largest absolute Gasteiger partial charge is 0.489 e. The number of para-hydroxylation sites is 2. The van der Waals surface area contributed by atoms with Gasteiger partial charge in [0.15, 0.2) is 0 Å². The van der Waals surface area contributed by atoms with Crippen molar-refractivity contribution in [3.63, 3.8) is 0 Å². The van der Waals surface area contributed by atoms with E-state index in [2.05, 4.69) is 50.0 Å². The maximum atomic E-state index is 5.70. The number of rotatable bonds is 7. The first-order chi connectivity index (χ1) is 10.3. The molecule has 0 saturated heterocycles. The lowest BCUT2D eigenvalue weighted by atomic mass is 10.1. The molecule has 0 fully saturated rings. The Kier molecular flexibility index (Phi) is 5.44. The number of hydrogen-bond donors (Lipinski definition) is 1. The van der Waals surface area contributed by atoms with Crippen LogP contribution in [0.15, 0.2) is 55.1 Å². The number of nitrogens with one attached hydrogen (secondary N) is 1. The summed E-state index contributed by atoms with van der Waals surface area (Å²) in [4.78, 5) is 0. The predicted octanol–water partition coefficient (Wildman–Crippen LogP) is 4.73. The topological polar surface area (TPSA) is 21.3 Å². The van der Waals surface area contributed by atoms with Crippen molar-refractivity contribution in [1.29, 1.82) is 0 Å². The van der Waals surface area contributed by atoms with E-state index in [1.165, 1.54) is 16.8 Å². The molecule has 0 aromatic heterocycles. The van der Waals surface area contributed by atoms with Crippen LogP contribution >= 0.6 is 0 Å². The molecule has 110 valence electrons. The van der Waals surface area contributed by atoms with Crippen LogP contribution in [0.3, 0.4) is 0 Å². The summed E-state index contributed by atoms with van der Waals surface area (Å²) in [5.74, 6) is 0.913. The zero-order valence-electron chi connectivity index (χ0n) is 12.9. The van der Waals surface area contributed by atoms with Gasteiger partial charge in [-0.3, -0.25) is 0 Å². The van der Waals surface area contributed by atoms with E-state index in [1.54, 1.807) is 6.08 Å². The van der Waals surface area contributed by atoms with E-state index in [1.807, 2.05) is 18.2 Å². The summed E-state index contributed by atoms with van der Waals surface area (Å²) >= 11 is 0. The first-order valence-electron chi connectivity index (χ1n) is 7.40. The molecule has 0 bridgehead atoms. The van der Waals surface area contributed by atoms with Crippen molar-refractivity contribution in [2.24, 2.45) is 0 Å². The molecule has 0 heterocycles. The molecule has 2 rings (SSSR count). The van der Waals surface area contributed by atoms with E-state index < -0.39 is 0 Å². The van der Waals surface area contributed by atoms with Crippen molar-refractivity contribution in [2.45, 2.75) is 26.8 Å². The molecule has 2 nitrogen and oxygen atoms in total. The van der Waals surface area contributed by atoms with Crippen LogP contribution in [0.1, 0.15) is 23.6 Å². The summed E-state index contributed by atoms with van der Waals surface area (Å²) in [6.07, 6.45) is 2.79. The van der Waals surface area contributed by atoms with Crippen LogP contribution in [0.5, 0.6) is 5.75 Å². The van der Waals surface area contributed by atoms with Crippen molar-refractivity contribution < 1.29 is 4.74 Å². The van der Waals surface area contributed by atoms with Crippen LogP contribution < -0.4 is 10.1 Å². The molecule has 0 saturated carbocycles. The number of ether oxygens (including phenoxy) is 1. The van der Waals surface area contributed by atoms with E-state index in [-0.39, 0.29) is 0 Å². The molecule has 0 spiro atoms. The van der Waals surface area contributed by atoms with Gasteiger partial charge in [-0.25, -0.2) is 0 Å². The van der Waals surface area contributed by atoms with Gasteiger partial charge in [-0.15, -0.1) is 0 Å². The Morgan fingerprint density at radius 2 is 1.86 bits per heavy atom. The van der Waals surface area contributed by atoms with Gasteiger partial charge in [-0.1, -0.05) is 56.0 Å². The van der Waals surface area contributed by atoms with Crippen molar-refractivity contribution in [1.82, 2.24) is 0 Å².